The second-order valence-electron chi connectivity index (χ2n) is 2.83. The van der Waals surface area contributed by atoms with Crippen LogP contribution in [0.5, 0.6) is 0 Å². The number of hydrogen-bond donors (Lipinski definition) is 1. The monoisotopic (exact) mass is 287 g/mol. The highest BCUT2D eigenvalue weighted by molar-refractivity contribution is 9.10. The molecule has 0 saturated carbocycles. The third kappa shape index (κ3) is 2.27. The molecule has 2 N–H and O–H groups in total. The van der Waals surface area contributed by atoms with Crippen molar-refractivity contribution in [2.45, 2.75) is 6.54 Å². The van der Waals surface area contributed by atoms with E-state index in [-0.39, 0.29) is 5.95 Å². The summed E-state index contributed by atoms with van der Waals surface area (Å²) in [6, 6.07) is 3.55. The van der Waals surface area contributed by atoms with E-state index < -0.39 is 0 Å². The molecule has 0 unspecified atom stereocenters. The van der Waals surface area contributed by atoms with Gasteiger partial charge in [-0.25, -0.2) is 4.68 Å². The Morgan fingerprint density at radius 2 is 2.33 bits per heavy atom. The van der Waals surface area contributed by atoms with Crippen LogP contribution in [-0.2, 0) is 6.54 Å². The maximum absolute atomic E-state index is 5.96. The van der Waals surface area contributed by atoms with Gasteiger partial charge in [-0.2, -0.15) is 4.98 Å². The SMILES string of the molecule is Nc1nc(Br)n(Cc2ncccc2Cl)n1. The molecule has 15 heavy (non-hydrogen) atoms. The van der Waals surface area contributed by atoms with Crippen molar-refractivity contribution in [3.8, 4) is 0 Å². The van der Waals surface area contributed by atoms with Crippen molar-refractivity contribution < 1.29 is 0 Å². The van der Waals surface area contributed by atoms with Gasteiger partial charge in [-0.3, -0.25) is 4.98 Å². The van der Waals surface area contributed by atoms with Gasteiger partial charge >= 0.3 is 0 Å². The number of hydrogen-bond acceptors (Lipinski definition) is 4. The first-order valence-corrected chi connectivity index (χ1v) is 5.29. The molecule has 0 amide bonds. The van der Waals surface area contributed by atoms with Crippen LogP contribution >= 0.6 is 27.5 Å². The van der Waals surface area contributed by atoms with E-state index in [2.05, 4.69) is 31.0 Å². The zero-order valence-corrected chi connectivity index (χ0v) is 9.90. The Bertz CT molecular complexity index is 484. The fourth-order valence-corrected chi connectivity index (χ4v) is 1.68. The minimum atomic E-state index is 0.217. The minimum Gasteiger partial charge on any atom is -0.366 e. The van der Waals surface area contributed by atoms with Crippen LogP contribution in [0.25, 0.3) is 0 Å². The third-order valence-corrected chi connectivity index (χ3v) is 2.71. The van der Waals surface area contributed by atoms with E-state index in [1.54, 1.807) is 23.0 Å². The van der Waals surface area contributed by atoms with Gasteiger partial charge in [0.05, 0.1) is 17.3 Å². The topological polar surface area (TPSA) is 69.6 Å². The highest BCUT2D eigenvalue weighted by Gasteiger charge is 2.07. The van der Waals surface area contributed by atoms with E-state index in [4.69, 9.17) is 17.3 Å². The fourth-order valence-electron chi connectivity index (χ4n) is 1.12. The normalized spacial score (nSPS) is 10.5. The molecule has 0 radical (unpaired) electrons. The molecule has 0 aromatic carbocycles. The van der Waals surface area contributed by atoms with E-state index in [0.29, 0.717) is 16.3 Å². The molecule has 0 saturated heterocycles. The quantitative estimate of drug-likeness (QED) is 0.913. The number of nitrogens with two attached hydrogens (primary N) is 1. The second kappa shape index (κ2) is 4.16. The molecule has 0 spiro atoms. The summed E-state index contributed by atoms with van der Waals surface area (Å²) >= 11 is 9.20. The van der Waals surface area contributed by atoms with Gasteiger partial charge in [0.15, 0.2) is 4.73 Å². The van der Waals surface area contributed by atoms with Crippen LogP contribution < -0.4 is 5.73 Å². The van der Waals surface area contributed by atoms with Crippen LogP contribution in [0.15, 0.2) is 23.1 Å². The molecule has 0 aliphatic carbocycles. The van der Waals surface area contributed by atoms with Crippen LogP contribution in [-0.4, -0.2) is 19.7 Å². The molecule has 0 aliphatic rings. The molecule has 0 fully saturated rings. The minimum absolute atomic E-state index is 0.217. The number of rotatable bonds is 2. The van der Waals surface area contributed by atoms with Gasteiger partial charge in [0.1, 0.15) is 0 Å². The largest absolute Gasteiger partial charge is 0.366 e. The summed E-state index contributed by atoms with van der Waals surface area (Å²) in [5, 5.41) is 4.58. The van der Waals surface area contributed by atoms with Crippen molar-refractivity contribution in [1.82, 2.24) is 19.7 Å². The molecular weight excluding hydrogens is 281 g/mol. The van der Waals surface area contributed by atoms with Gasteiger partial charge in [0.25, 0.3) is 0 Å². The smallest absolute Gasteiger partial charge is 0.240 e. The Kier molecular flexibility index (Phi) is 2.88. The molecule has 0 aliphatic heterocycles. The van der Waals surface area contributed by atoms with Crippen LogP contribution in [0.3, 0.4) is 0 Å². The molecule has 2 aromatic rings. The highest BCUT2D eigenvalue weighted by Crippen LogP contribution is 2.16. The lowest BCUT2D eigenvalue weighted by Gasteiger charge is -2.02. The number of nitrogens with zero attached hydrogens (tertiary/aromatic N) is 4. The van der Waals surface area contributed by atoms with E-state index in [0.717, 1.165) is 5.69 Å². The standard InChI is InChI=1S/C8H7BrClN5/c9-7-13-8(11)14-15(7)4-6-5(10)2-1-3-12-6/h1-3H,4H2,(H2,11,14). The van der Waals surface area contributed by atoms with Crippen molar-refractivity contribution >= 4 is 33.5 Å². The summed E-state index contributed by atoms with van der Waals surface area (Å²) in [5.74, 6) is 0.217. The third-order valence-electron chi connectivity index (χ3n) is 1.78. The van der Waals surface area contributed by atoms with Crippen LogP contribution in [0, 0.1) is 0 Å². The molecule has 2 aromatic heterocycles. The number of pyridine rings is 1. The first-order chi connectivity index (χ1) is 7.16. The van der Waals surface area contributed by atoms with E-state index in [1.807, 2.05) is 0 Å². The number of aromatic nitrogens is 4. The molecule has 2 heterocycles. The molecule has 2 rings (SSSR count). The Balaban J connectivity index is 2.29. The summed E-state index contributed by atoms with van der Waals surface area (Å²) in [4.78, 5) is 8.05. The predicted octanol–water partition coefficient (Wildman–Crippen LogP) is 1.72. The average molecular weight is 289 g/mol. The maximum atomic E-state index is 5.96. The highest BCUT2D eigenvalue weighted by atomic mass is 79.9. The Morgan fingerprint density at radius 3 is 2.93 bits per heavy atom. The Morgan fingerprint density at radius 1 is 1.53 bits per heavy atom. The summed E-state index contributed by atoms with van der Waals surface area (Å²) < 4.78 is 2.14. The summed E-state index contributed by atoms with van der Waals surface area (Å²) in [5.41, 5.74) is 6.17. The van der Waals surface area contributed by atoms with Gasteiger partial charge in [-0.1, -0.05) is 11.6 Å². The molecule has 0 atom stereocenters. The van der Waals surface area contributed by atoms with Crippen molar-refractivity contribution in [2.75, 3.05) is 5.73 Å². The zero-order valence-electron chi connectivity index (χ0n) is 7.56. The van der Waals surface area contributed by atoms with Crippen LogP contribution in [0.2, 0.25) is 5.02 Å². The van der Waals surface area contributed by atoms with E-state index in [1.165, 1.54) is 0 Å². The predicted molar refractivity (Wildman–Crippen MR) is 60.5 cm³/mol. The fraction of sp³-hybridized carbons (Fsp3) is 0.125. The maximum Gasteiger partial charge on any atom is 0.240 e. The van der Waals surface area contributed by atoms with Gasteiger partial charge < -0.3 is 5.73 Å². The van der Waals surface area contributed by atoms with Crippen molar-refractivity contribution in [3.63, 3.8) is 0 Å². The molecule has 78 valence electrons. The van der Waals surface area contributed by atoms with E-state index >= 15 is 0 Å². The summed E-state index contributed by atoms with van der Waals surface area (Å²) in [6.45, 7) is 0.435. The first kappa shape index (κ1) is 10.4. The van der Waals surface area contributed by atoms with Gasteiger partial charge in [-0.15, -0.1) is 5.10 Å². The van der Waals surface area contributed by atoms with E-state index in [9.17, 15) is 0 Å². The lowest BCUT2D eigenvalue weighted by Crippen LogP contribution is -2.05. The van der Waals surface area contributed by atoms with Gasteiger partial charge in [0, 0.05) is 6.20 Å². The molecular formula is C8H7BrClN5. The van der Waals surface area contributed by atoms with Gasteiger partial charge in [-0.05, 0) is 28.1 Å². The zero-order chi connectivity index (χ0) is 10.8. The van der Waals surface area contributed by atoms with Crippen molar-refractivity contribution in [1.29, 1.82) is 0 Å². The lowest BCUT2D eigenvalue weighted by atomic mass is 10.3. The molecule has 0 bridgehead atoms. The number of halogens is 2. The second-order valence-corrected chi connectivity index (χ2v) is 3.95. The summed E-state index contributed by atoms with van der Waals surface area (Å²) in [6.07, 6.45) is 1.68. The number of anilines is 1. The van der Waals surface area contributed by atoms with Crippen molar-refractivity contribution in [2.24, 2.45) is 0 Å². The Hall–Kier alpha value is -1.14. The van der Waals surface area contributed by atoms with Gasteiger partial charge in [0.2, 0.25) is 5.95 Å². The van der Waals surface area contributed by atoms with Crippen LogP contribution in [0.1, 0.15) is 5.69 Å². The van der Waals surface area contributed by atoms with Crippen LogP contribution in [0.4, 0.5) is 5.95 Å². The summed E-state index contributed by atoms with van der Waals surface area (Å²) in [7, 11) is 0. The number of nitrogen functional groups attached to an aromatic ring is 1. The van der Waals surface area contributed by atoms with Crippen molar-refractivity contribution in [3.05, 3.63) is 33.8 Å². The first-order valence-electron chi connectivity index (χ1n) is 4.12. The average Bonchev–Trinajstić information content (AvgIpc) is 2.49. The molecule has 5 nitrogen and oxygen atoms in total. The lowest BCUT2D eigenvalue weighted by molar-refractivity contribution is 0.657. The Labute approximate surface area is 99.4 Å². The molecule has 7 heteroatoms.